The summed E-state index contributed by atoms with van der Waals surface area (Å²) in [6, 6.07) is 11.5. The van der Waals surface area contributed by atoms with Crippen molar-refractivity contribution in [2.24, 2.45) is 0 Å². The molecule has 0 bridgehead atoms. The standard InChI is InChI=1S/C22H25N5S/c1-14-11-19-21(24-15(2)25-22(19)28-14)26-18-6-9-27(10-7-18)13-16-3-4-20-17(12-16)5-8-23-20/h3-5,8,11-12,18,23H,6-7,9-10,13H2,1-2H3,(H,24,25,26). The molecule has 5 rings (SSSR count). The minimum Gasteiger partial charge on any atom is -0.367 e. The van der Waals surface area contributed by atoms with Crippen LogP contribution in [0.1, 0.15) is 29.1 Å². The lowest BCUT2D eigenvalue weighted by atomic mass is 10.0. The van der Waals surface area contributed by atoms with E-state index in [1.807, 2.05) is 13.1 Å². The number of nitrogens with zero attached hydrogens (tertiary/aromatic N) is 3. The molecule has 1 aromatic carbocycles. The van der Waals surface area contributed by atoms with Gasteiger partial charge in [0.15, 0.2) is 0 Å². The number of thiophene rings is 1. The van der Waals surface area contributed by atoms with Gasteiger partial charge in [0.2, 0.25) is 0 Å². The first-order valence-electron chi connectivity index (χ1n) is 9.94. The first-order chi connectivity index (χ1) is 13.6. The molecule has 4 heterocycles. The SMILES string of the molecule is Cc1nc(NC2CCN(Cc3ccc4[nH]ccc4c3)CC2)c2cc(C)sc2n1. The molecule has 5 nitrogen and oxygen atoms in total. The average molecular weight is 392 g/mol. The lowest BCUT2D eigenvalue weighted by molar-refractivity contribution is 0.211. The van der Waals surface area contributed by atoms with Gasteiger partial charge in [-0.25, -0.2) is 9.97 Å². The number of anilines is 1. The molecule has 1 aliphatic heterocycles. The van der Waals surface area contributed by atoms with E-state index in [2.05, 4.69) is 62.4 Å². The van der Waals surface area contributed by atoms with Gasteiger partial charge < -0.3 is 10.3 Å². The molecule has 28 heavy (non-hydrogen) atoms. The lowest BCUT2D eigenvalue weighted by Crippen LogP contribution is -2.38. The number of rotatable bonds is 4. The molecule has 3 aromatic heterocycles. The van der Waals surface area contributed by atoms with Crippen LogP contribution in [0.3, 0.4) is 0 Å². The number of nitrogens with one attached hydrogen (secondary N) is 2. The van der Waals surface area contributed by atoms with Crippen LogP contribution in [-0.2, 0) is 6.54 Å². The highest BCUT2D eigenvalue weighted by Gasteiger charge is 2.21. The summed E-state index contributed by atoms with van der Waals surface area (Å²) in [5.41, 5.74) is 2.60. The summed E-state index contributed by atoms with van der Waals surface area (Å²) in [7, 11) is 0. The Balaban J connectivity index is 1.24. The maximum Gasteiger partial charge on any atom is 0.138 e. The fourth-order valence-corrected chi connectivity index (χ4v) is 5.07. The van der Waals surface area contributed by atoms with Crippen molar-refractivity contribution in [3.05, 3.63) is 52.8 Å². The van der Waals surface area contributed by atoms with E-state index >= 15 is 0 Å². The number of hydrogen-bond acceptors (Lipinski definition) is 5. The Bertz CT molecular complexity index is 1120. The van der Waals surface area contributed by atoms with Gasteiger partial charge in [0.25, 0.3) is 0 Å². The molecule has 1 fully saturated rings. The highest BCUT2D eigenvalue weighted by atomic mass is 32.1. The number of benzene rings is 1. The zero-order valence-corrected chi connectivity index (χ0v) is 17.1. The summed E-state index contributed by atoms with van der Waals surface area (Å²) in [5, 5.41) is 6.16. The van der Waals surface area contributed by atoms with E-state index in [0.29, 0.717) is 6.04 Å². The molecule has 4 aromatic rings. The van der Waals surface area contributed by atoms with Gasteiger partial charge in [-0.05, 0) is 61.9 Å². The van der Waals surface area contributed by atoms with Crippen molar-refractivity contribution in [3.63, 3.8) is 0 Å². The number of hydrogen-bond donors (Lipinski definition) is 2. The Hall–Kier alpha value is -2.44. The molecule has 0 amide bonds. The zero-order chi connectivity index (χ0) is 19.1. The topological polar surface area (TPSA) is 56.8 Å². The zero-order valence-electron chi connectivity index (χ0n) is 16.3. The molecule has 1 saturated heterocycles. The van der Waals surface area contributed by atoms with Crippen molar-refractivity contribution in [1.29, 1.82) is 0 Å². The van der Waals surface area contributed by atoms with Crippen LogP contribution in [0, 0.1) is 13.8 Å². The number of aromatic amines is 1. The molecule has 0 radical (unpaired) electrons. The van der Waals surface area contributed by atoms with Crippen molar-refractivity contribution in [1.82, 2.24) is 19.9 Å². The number of fused-ring (bicyclic) bond motifs is 2. The van der Waals surface area contributed by atoms with Gasteiger partial charge in [-0.2, -0.15) is 0 Å². The second-order valence-electron chi connectivity index (χ2n) is 7.79. The predicted molar refractivity (Wildman–Crippen MR) is 117 cm³/mol. The van der Waals surface area contributed by atoms with Crippen molar-refractivity contribution in [3.8, 4) is 0 Å². The lowest BCUT2D eigenvalue weighted by Gasteiger charge is -2.32. The summed E-state index contributed by atoms with van der Waals surface area (Å²) in [6.45, 7) is 7.35. The maximum atomic E-state index is 4.69. The second-order valence-corrected chi connectivity index (χ2v) is 9.02. The first-order valence-corrected chi connectivity index (χ1v) is 10.8. The van der Waals surface area contributed by atoms with Crippen LogP contribution < -0.4 is 5.32 Å². The number of aryl methyl sites for hydroxylation is 2. The quantitative estimate of drug-likeness (QED) is 0.521. The molecule has 1 aliphatic rings. The molecule has 0 unspecified atom stereocenters. The average Bonchev–Trinajstić information content (AvgIpc) is 3.28. The van der Waals surface area contributed by atoms with Gasteiger partial charge in [-0.1, -0.05) is 6.07 Å². The summed E-state index contributed by atoms with van der Waals surface area (Å²) in [6.07, 6.45) is 4.28. The Morgan fingerprint density at radius 3 is 2.86 bits per heavy atom. The van der Waals surface area contributed by atoms with Crippen LogP contribution in [0.5, 0.6) is 0 Å². The van der Waals surface area contributed by atoms with Gasteiger partial charge in [-0.15, -0.1) is 11.3 Å². The summed E-state index contributed by atoms with van der Waals surface area (Å²) >= 11 is 1.74. The van der Waals surface area contributed by atoms with E-state index in [0.717, 1.165) is 54.3 Å². The summed E-state index contributed by atoms with van der Waals surface area (Å²) in [5.74, 6) is 1.85. The van der Waals surface area contributed by atoms with Crippen LogP contribution in [0.2, 0.25) is 0 Å². The highest BCUT2D eigenvalue weighted by Crippen LogP contribution is 2.30. The number of piperidine rings is 1. The molecule has 0 atom stereocenters. The fraction of sp³-hybridized carbons (Fsp3) is 0.364. The van der Waals surface area contributed by atoms with Crippen LogP contribution in [-0.4, -0.2) is 39.0 Å². The Morgan fingerprint density at radius 2 is 2.00 bits per heavy atom. The van der Waals surface area contributed by atoms with E-state index in [-0.39, 0.29) is 0 Å². The summed E-state index contributed by atoms with van der Waals surface area (Å²) in [4.78, 5) is 17.5. The van der Waals surface area contributed by atoms with Crippen molar-refractivity contribution in [2.45, 2.75) is 39.3 Å². The predicted octanol–water partition coefficient (Wildman–Crippen LogP) is 4.87. The Labute approximate surface area is 168 Å². The van der Waals surface area contributed by atoms with Crippen LogP contribution >= 0.6 is 11.3 Å². The van der Waals surface area contributed by atoms with Gasteiger partial charge in [0.1, 0.15) is 16.5 Å². The third-order valence-corrected chi connectivity index (χ3v) is 6.52. The van der Waals surface area contributed by atoms with Crippen LogP contribution in [0.15, 0.2) is 36.5 Å². The van der Waals surface area contributed by atoms with Crippen LogP contribution in [0.25, 0.3) is 21.1 Å². The molecular formula is C22H25N5S. The minimum atomic E-state index is 0.473. The molecule has 2 N–H and O–H groups in total. The first kappa shape index (κ1) is 17.6. The Morgan fingerprint density at radius 1 is 1.14 bits per heavy atom. The van der Waals surface area contributed by atoms with Crippen molar-refractivity contribution in [2.75, 3.05) is 18.4 Å². The molecule has 6 heteroatoms. The summed E-state index contributed by atoms with van der Waals surface area (Å²) < 4.78 is 0. The third-order valence-electron chi connectivity index (χ3n) is 5.58. The largest absolute Gasteiger partial charge is 0.367 e. The second kappa shape index (κ2) is 7.18. The monoisotopic (exact) mass is 391 g/mol. The van der Waals surface area contributed by atoms with Crippen LogP contribution in [0.4, 0.5) is 5.82 Å². The number of H-pyrrole nitrogens is 1. The van der Waals surface area contributed by atoms with Gasteiger partial charge >= 0.3 is 0 Å². The molecule has 0 spiro atoms. The molecule has 144 valence electrons. The van der Waals surface area contributed by atoms with Gasteiger partial charge in [-0.3, -0.25) is 4.90 Å². The van der Waals surface area contributed by atoms with Crippen molar-refractivity contribution >= 4 is 38.3 Å². The smallest absolute Gasteiger partial charge is 0.138 e. The van der Waals surface area contributed by atoms with E-state index in [4.69, 9.17) is 0 Å². The normalized spacial score (nSPS) is 16.2. The minimum absolute atomic E-state index is 0.473. The van der Waals surface area contributed by atoms with E-state index in [1.165, 1.54) is 21.3 Å². The molecule has 0 aliphatic carbocycles. The van der Waals surface area contributed by atoms with Gasteiger partial charge in [0.05, 0.1) is 5.39 Å². The molecule has 0 saturated carbocycles. The van der Waals surface area contributed by atoms with Crippen molar-refractivity contribution < 1.29 is 0 Å². The maximum absolute atomic E-state index is 4.69. The van der Waals surface area contributed by atoms with E-state index in [1.54, 1.807) is 11.3 Å². The number of aromatic nitrogens is 3. The van der Waals surface area contributed by atoms with E-state index < -0.39 is 0 Å². The number of likely N-dealkylation sites (tertiary alicyclic amines) is 1. The fourth-order valence-electron chi connectivity index (χ4n) is 4.15. The van der Waals surface area contributed by atoms with Gasteiger partial charge in [0, 0.05) is 42.3 Å². The molecular weight excluding hydrogens is 366 g/mol. The highest BCUT2D eigenvalue weighted by molar-refractivity contribution is 7.18. The Kier molecular flexibility index (Phi) is 4.53. The third kappa shape index (κ3) is 3.50. The van der Waals surface area contributed by atoms with E-state index in [9.17, 15) is 0 Å².